The van der Waals surface area contributed by atoms with Crippen molar-refractivity contribution in [2.24, 2.45) is 4.99 Å². The lowest BCUT2D eigenvalue weighted by Gasteiger charge is -2.22. The van der Waals surface area contributed by atoms with Gasteiger partial charge in [0, 0.05) is 43.7 Å². The average molecular weight is 426 g/mol. The van der Waals surface area contributed by atoms with Gasteiger partial charge >= 0.3 is 0 Å². The highest BCUT2D eigenvalue weighted by atomic mass is 32.1. The van der Waals surface area contributed by atoms with Crippen LogP contribution in [0.3, 0.4) is 0 Å². The number of thiazole rings is 1. The SMILES string of the molecule is CN=C(NCCCc1nc2c(s1)CCCC2)NC(C)c1cccc(N2CCCC2)c1. The van der Waals surface area contributed by atoms with E-state index >= 15 is 0 Å². The van der Waals surface area contributed by atoms with Crippen molar-refractivity contribution in [3.63, 3.8) is 0 Å². The molecule has 2 aliphatic rings. The van der Waals surface area contributed by atoms with E-state index in [1.165, 1.54) is 78.4 Å². The van der Waals surface area contributed by atoms with Gasteiger partial charge in [-0.3, -0.25) is 4.99 Å². The number of rotatable bonds is 7. The predicted molar refractivity (Wildman–Crippen MR) is 128 cm³/mol. The molecule has 1 atom stereocenters. The first kappa shape index (κ1) is 21.2. The minimum absolute atomic E-state index is 0.212. The number of fused-ring (bicyclic) bond motifs is 1. The van der Waals surface area contributed by atoms with Crippen LogP contribution < -0.4 is 15.5 Å². The van der Waals surface area contributed by atoms with Gasteiger partial charge in [-0.15, -0.1) is 11.3 Å². The fourth-order valence-electron chi connectivity index (χ4n) is 4.41. The van der Waals surface area contributed by atoms with Crippen LogP contribution in [0, 0.1) is 0 Å². The Bertz CT molecular complexity index is 830. The lowest BCUT2D eigenvalue weighted by atomic mass is 10.0. The normalized spacial score (nSPS) is 17.7. The summed E-state index contributed by atoms with van der Waals surface area (Å²) in [5, 5.41) is 8.33. The second-order valence-corrected chi connectivity index (χ2v) is 9.61. The summed E-state index contributed by atoms with van der Waals surface area (Å²) in [5.41, 5.74) is 4.01. The molecular formula is C24H35N5S. The molecule has 162 valence electrons. The first-order chi connectivity index (χ1) is 14.7. The van der Waals surface area contributed by atoms with Crippen molar-refractivity contribution in [2.75, 3.05) is 31.6 Å². The van der Waals surface area contributed by atoms with E-state index in [1.54, 1.807) is 0 Å². The fourth-order valence-corrected chi connectivity index (χ4v) is 5.61. The Morgan fingerprint density at radius 1 is 1.20 bits per heavy atom. The maximum absolute atomic E-state index is 4.86. The summed E-state index contributed by atoms with van der Waals surface area (Å²) < 4.78 is 0. The number of hydrogen-bond acceptors (Lipinski definition) is 4. The van der Waals surface area contributed by atoms with Crippen LogP contribution in [0.25, 0.3) is 0 Å². The molecule has 0 saturated carbocycles. The zero-order chi connectivity index (χ0) is 20.8. The van der Waals surface area contributed by atoms with Gasteiger partial charge < -0.3 is 15.5 Å². The number of anilines is 1. The van der Waals surface area contributed by atoms with Gasteiger partial charge in [0.05, 0.1) is 16.7 Å². The molecule has 1 fully saturated rings. The second-order valence-electron chi connectivity index (χ2n) is 8.44. The second kappa shape index (κ2) is 10.3. The Balaban J connectivity index is 1.24. The highest BCUT2D eigenvalue weighted by Crippen LogP contribution is 2.27. The molecule has 1 aromatic carbocycles. The Kier molecular flexibility index (Phi) is 7.26. The van der Waals surface area contributed by atoms with E-state index in [-0.39, 0.29) is 6.04 Å². The highest BCUT2D eigenvalue weighted by Gasteiger charge is 2.16. The molecule has 0 bridgehead atoms. The summed E-state index contributed by atoms with van der Waals surface area (Å²) >= 11 is 1.93. The number of aromatic nitrogens is 1. The quantitative estimate of drug-likeness (QED) is 0.390. The first-order valence-electron chi connectivity index (χ1n) is 11.5. The molecule has 1 unspecified atom stereocenters. The number of benzene rings is 1. The lowest BCUT2D eigenvalue weighted by molar-refractivity contribution is 0.669. The molecule has 1 aliphatic carbocycles. The van der Waals surface area contributed by atoms with Gasteiger partial charge in [-0.2, -0.15) is 0 Å². The smallest absolute Gasteiger partial charge is 0.191 e. The number of aliphatic imine (C=N–C) groups is 1. The van der Waals surface area contributed by atoms with Crippen molar-refractivity contribution in [3.8, 4) is 0 Å². The standard InChI is InChI=1S/C24H35N5S/c1-18(19-9-7-10-20(17-19)29-15-5-6-16-29)27-24(25-2)26-14-8-13-23-28-21-11-3-4-12-22(21)30-23/h7,9-10,17-18H,3-6,8,11-16H2,1-2H3,(H2,25,26,27). The van der Waals surface area contributed by atoms with Gasteiger partial charge in [0.2, 0.25) is 0 Å². The predicted octanol–water partition coefficient (Wildman–Crippen LogP) is 4.48. The Labute approximate surface area is 185 Å². The van der Waals surface area contributed by atoms with Gasteiger partial charge in [0.15, 0.2) is 5.96 Å². The molecule has 1 aromatic heterocycles. The van der Waals surface area contributed by atoms with Crippen LogP contribution in [-0.2, 0) is 19.3 Å². The molecule has 0 radical (unpaired) electrons. The van der Waals surface area contributed by atoms with Gasteiger partial charge in [-0.05, 0) is 69.6 Å². The van der Waals surface area contributed by atoms with Gasteiger partial charge in [0.25, 0.3) is 0 Å². The van der Waals surface area contributed by atoms with Crippen LogP contribution in [0.2, 0.25) is 0 Å². The van der Waals surface area contributed by atoms with E-state index in [2.05, 4.69) is 51.7 Å². The monoisotopic (exact) mass is 425 g/mol. The van der Waals surface area contributed by atoms with E-state index < -0.39 is 0 Å². The number of nitrogens with one attached hydrogen (secondary N) is 2. The summed E-state index contributed by atoms with van der Waals surface area (Å²) in [6.07, 6.45) is 9.78. The van der Waals surface area contributed by atoms with E-state index in [0.29, 0.717) is 0 Å². The first-order valence-corrected chi connectivity index (χ1v) is 12.3. The molecule has 0 spiro atoms. The summed E-state index contributed by atoms with van der Waals surface area (Å²) in [6.45, 7) is 5.47. The molecule has 1 aliphatic heterocycles. The van der Waals surface area contributed by atoms with Gasteiger partial charge in [-0.25, -0.2) is 4.98 Å². The molecular weight excluding hydrogens is 390 g/mol. The molecule has 2 N–H and O–H groups in total. The van der Waals surface area contributed by atoms with Crippen LogP contribution >= 0.6 is 11.3 Å². The van der Waals surface area contributed by atoms with Crippen molar-refractivity contribution in [2.45, 2.75) is 64.3 Å². The van der Waals surface area contributed by atoms with Crippen LogP contribution in [0.1, 0.15) is 66.2 Å². The Morgan fingerprint density at radius 3 is 2.83 bits per heavy atom. The molecule has 5 nitrogen and oxygen atoms in total. The topological polar surface area (TPSA) is 52.6 Å². The van der Waals surface area contributed by atoms with Crippen molar-refractivity contribution < 1.29 is 0 Å². The maximum Gasteiger partial charge on any atom is 0.191 e. The zero-order valence-corrected chi connectivity index (χ0v) is 19.2. The number of guanidine groups is 1. The van der Waals surface area contributed by atoms with Crippen molar-refractivity contribution in [3.05, 3.63) is 45.4 Å². The van der Waals surface area contributed by atoms with Crippen molar-refractivity contribution in [1.82, 2.24) is 15.6 Å². The molecule has 6 heteroatoms. The third kappa shape index (κ3) is 5.34. The molecule has 30 heavy (non-hydrogen) atoms. The van der Waals surface area contributed by atoms with Crippen molar-refractivity contribution >= 4 is 23.0 Å². The van der Waals surface area contributed by atoms with Crippen LogP contribution in [0.15, 0.2) is 29.3 Å². The number of nitrogens with zero attached hydrogens (tertiary/aromatic N) is 3. The Hall–Kier alpha value is -2.08. The molecule has 1 saturated heterocycles. The Morgan fingerprint density at radius 2 is 2.03 bits per heavy atom. The summed E-state index contributed by atoms with van der Waals surface area (Å²) in [7, 11) is 1.84. The molecule has 4 rings (SSSR count). The van der Waals surface area contributed by atoms with E-state index in [4.69, 9.17) is 4.98 Å². The summed E-state index contributed by atoms with van der Waals surface area (Å²) in [5.74, 6) is 0.868. The summed E-state index contributed by atoms with van der Waals surface area (Å²) in [6, 6.07) is 9.13. The third-order valence-electron chi connectivity index (χ3n) is 6.17. The molecule has 2 aromatic rings. The third-order valence-corrected chi connectivity index (χ3v) is 7.39. The minimum Gasteiger partial charge on any atom is -0.372 e. The molecule has 2 heterocycles. The summed E-state index contributed by atoms with van der Waals surface area (Å²) in [4.78, 5) is 13.3. The van der Waals surface area contributed by atoms with Gasteiger partial charge in [0.1, 0.15) is 0 Å². The van der Waals surface area contributed by atoms with Gasteiger partial charge in [-0.1, -0.05) is 12.1 Å². The molecule has 0 amide bonds. The van der Waals surface area contributed by atoms with Crippen LogP contribution in [-0.4, -0.2) is 37.6 Å². The van der Waals surface area contributed by atoms with E-state index in [0.717, 1.165) is 25.3 Å². The van der Waals surface area contributed by atoms with E-state index in [1.807, 2.05) is 18.4 Å². The van der Waals surface area contributed by atoms with E-state index in [9.17, 15) is 0 Å². The zero-order valence-electron chi connectivity index (χ0n) is 18.4. The largest absolute Gasteiger partial charge is 0.372 e. The number of hydrogen-bond donors (Lipinski definition) is 2. The van der Waals surface area contributed by atoms with Crippen LogP contribution in [0.4, 0.5) is 5.69 Å². The fraction of sp³-hybridized carbons (Fsp3) is 0.583. The highest BCUT2D eigenvalue weighted by molar-refractivity contribution is 7.11. The lowest BCUT2D eigenvalue weighted by Crippen LogP contribution is -2.39. The van der Waals surface area contributed by atoms with Crippen molar-refractivity contribution in [1.29, 1.82) is 0 Å². The van der Waals surface area contributed by atoms with Crippen LogP contribution in [0.5, 0.6) is 0 Å². The minimum atomic E-state index is 0.212. The maximum atomic E-state index is 4.86. The number of aryl methyl sites for hydroxylation is 3. The average Bonchev–Trinajstić information content (AvgIpc) is 3.45.